The van der Waals surface area contributed by atoms with Gasteiger partial charge in [-0.1, -0.05) is 0 Å². The molecule has 0 aromatic heterocycles. The quantitative estimate of drug-likeness (QED) is 0.688. The first-order valence-electron chi connectivity index (χ1n) is 2.58. The number of halogens is 4. The predicted molar refractivity (Wildman–Crippen MR) is 45.8 cm³/mol. The largest absolute Gasteiger partial charge is 0.206 e. The smallest absolute Gasteiger partial charge is 0.140 e. The van der Waals surface area contributed by atoms with E-state index in [1.54, 1.807) is 0 Å². The minimum atomic E-state index is -0.648. The van der Waals surface area contributed by atoms with E-state index in [0.29, 0.717) is 0 Å². The van der Waals surface area contributed by atoms with Gasteiger partial charge in [-0.2, -0.15) is 0 Å². The molecule has 0 aliphatic heterocycles. The number of hydrogen-bond donors (Lipinski definition) is 0. The lowest BCUT2D eigenvalue weighted by Gasteiger charge is -1.98. The average Bonchev–Trinajstić information content (AvgIpc) is 1.97. The van der Waals surface area contributed by atoms with Gasteiger partial charge in [0.25, 0.3) is 0 Å². The molecule has 1 aromatic rings. The minimum Gasteiger partial charge on any atom is -0.206 e. The SMILES string of the molecule is Fc1cc(F)c(SCl)cc1Br. The van der Waals surface area contributed by atoms with Crippen LogP contribution in [0.4, 0.5) is 8.78 Å². The Balaban J connectivity index is 3.21. The third-order valence-corrected chi connectivity index (χ3v) is 2.64. The van der Waals surface area contributed by atoms with Gasteiger partial charge in [0, 0.05) is 6.07 Å². The highest BCUT2D eigenvalue weighted by molar-refractivity contribution is 9.10. The zero-order valence-electron chi connectivity index (χ0n) is 5.07. The van der Waals surface area contributed by atoms with Gasteiger partial charge in [0.15, 0.2) is 0 Å². The highest BCUT2D eigenvalue weighted by Crippen LogP contribution is 2.29. The molecule has 0 unspecified atom stereocenters. The first-order valence-corrected chi connectivity index (χ1v) is 5.02. The molecule has 0 amide bonds. The van der Waals surface area contributed by atoms with Crippen molar-refractivity contribution in [1.82, 2.24) is 0 Å². The van der Waals surface area contributed by atoms with Crippen LogP contribution in [0.2, 0.25) is 0 Å². The predicted octanol–water partition coefficient (Wildman–Crippen LogP) is 3.97. The van der Waals surface area contributed by atoms with Crippen molar-refractivity contribution in [3.8, 4) is 0 Å². The molecule has 0 saturated carbocycles. The second kappa shape index (κ2) is 3.74. The number of benzene rings is 1. The van der Waals surface area contributed by atoms with Crippen molar-refractivity contribution in [2.75, 3.05) is 0 Å². The first-order chi connectivity index (χ1) is 5.15. The van der Waals surface area contributed by atoms with Crippen molar-refractivity contribution in [2.24, 2.45) is 0 Å². The van der Waals surface area contributed by atoms with Crippen LogP contribution in [0, 0.1) is 11.6 Å². The van der Waals surface area contributed by atoms with Crippen LogP contribution in [0.15, 0.2) is 21.5 Å². The summed E-state index contributed by atoms with van der Waals surface area (Å²) in [5, 5.41) is 0. The van der Waals surface area contributed by atoms with Crippen molar-refractivity contribution in [2.45, 2.75) is 4.90 Å². The van der Waals surface area contributed by atoms with Crippen molar-refractivity contribution in [3.63, 3.8) is 0 Å². The average molecular weight is 260 g/mol. The van der Waals surface area contributed by atoms with E-state index in [1.165, 1.54) is 6.07 Å². The van der Waals surface area contributed by atoms with E-state index in [0.717, 1.165) is 17.0 Å². The molecular weight excluding hydrogens is 257 g/mol. The fraction of sp³-hybridized carbons (Fsp3) is 0. The Labute approximate surface area is 79.6 Å². The van der Waals surface area contributed by atoms with Gasteiger partial charge in [0.2, 0.25) is 0 Å². The van der Waals surface area contributed by atoms with E-state index in [1.807, 2.05) is 0 Å². The summed E-state index contributed by atoms with van der Waals surface area (Å²) in [7, 11) is 6.01. The molecule has 0 spiro atoms. The number of rotatable bonds is 1. The Morgan fingerprint density at radius 3 is 2.45 bits per heavy atom. The van der Waals surface area contributed by atoms with Gasteiger partial charge in [-0.05, 0) is 43.7 Å². The summed E-state index contributed by atoms with van der Waals surface area (Å²) in [4.78, 5) is 0.208. The van der Waals surface area contributed by atoms with Crippen LogP contribution in [0.1, 0.15) is 0 Å². The summed E-state index contributed by atoms with van der Waals surface area (Å²) in [6, 6.07) is 2.08. The Morgan fingerprint density at radius 2 is 1.91 bits per heavy atom. The molecule has 0 radical (unpaired) electrons. The highest BCUT2D eigenvalue weighted by Gasteiger charge is 2.07. The van der Waals surface area contributed by atoms with Crippen LogP contribution in [0.25, 0.3) is 0 Å². The molecule has 0 bridgehead atoms. The zero-order chi connectivity index (χ0) is 8.43. The van der Waals surface area contributed by atoms with Crippen LogP contribution in [0.3, 0.4) is 0 Å². The summed E-state index contributed by atoms with van der Waals surface area (Å²) in [5.74, 6) is -1.28. The van der Waals surface area contributed by atoms with E-state index in [2.05, 4.69) is 15.9 Å². The summed E-state index contributed by atoms with van der Waals surface area (Å²) in [5.41, 5.74) is 0. The molecule has 0 atom stereocenters. The Bertz CT molecular complexity index is 280. The third-order valence-electron chi connectivity index (χ3n) is 1.06. The van der Waals surface area contributed by atoms with Gasteiger partial charge in [-0.15, -0.1) is 0 Å². The zero-order valence-corrected chi connectivity index (χ0v) is 8.23. The van der Waals surface area contributed by atoms with Gasteiger partial charge in [-0.3, -0.25) is 0 Å². The molecule has 0 saturated heterocycles. The third kappa shape index (κ3) is 2.07. The van der Waals surface area contributed by atoms with E-state index >= 15 is 0 Å². The van der Waals surface area contributed by atoms with Gasteiger partial charge in [-0.25, -0.2) is 8.78 Å². The van der Waals surface area contributed by atoms with Crippen LogP contribution < -0.4 is 0 Å². The highest BCUT2D eigenvalue weighted by atomic mass is 79.9. The van der Waals surface area contributed by atoms with Crippen molar-refractivity contribution in [1.29, 1.82) is 0 Å². The molecular formula is C6H2BrClF2S. The van der Waals surface area contributed by atoms with Crippen LogP contribution in [0.5, 0.6) is 0 Å². The van der Waals surface area contributed by atoms with Crippen molar-refractivity contribution >= 4 is 37.6 Å². The molecule has 0 heterocycles. The van der Waals surface area contributed by atoms with E-state index in [9.17, 15) is 8.78 Å². The first kappa shape index (κ1) is 9.29. The maximum atomic E-state index is 12.7. The summed E-state index contributed by atoms with van der Waals surface area (Å²) < 4.78 is 25.4. The fourth-order valence-electron chi connectivity index (χ4n) is 0.563. The van der Waals surface area contributed by atoms with E-state index in [-0.39, 0.29) is 9.37 Å². The molecule has 11 heavy (non-hydrogen) atoms. The van der Waals surface area contributed by atoms with Crippen molar-refractivity contribution < 1.29 is 8.78 Å². The minimum absolute atomic E-state index is 0.208. The Hall–Kier alpha value is 0.200. The monoisotopic (exact) mass is 258 g/mol. The fourth-order valence-corrected chi connectivity index (χ4v) is 1.71. The van der Waals surface area contributed by atoms with Gasteiger partial charge < -0.3 is 0 Å². The Kier molecular flexibility index (Phi) is 3.16. The maximum absolute atomic E-state index is 12.7. The molecule has 0 N–H and O–H groups in total. The molecule has 0 nitrogen and oxygen atoms in total. The molecule has 0 aliphatic rings. The summed E-state index contributed by atoms with van der Waals surface area (Å²) >= 11 is 2.91. The van der Waals surface area contributed by atoms with E-state index in [4.69, 9.17) is 10.7 Å². The molecule has 1 aromatic carbocycles. The molecule has 1 rings (SSSR count). The lowest BCUT2D eigenvalue weighted by atomic mass is 10.3. The summed E-state index contributed by atoms with van der Waals surface area (Å²) in [6.45, 7) is 0. The molecule has 0 aliphatic carbocycles. The lowest BCUT2D eigenvalue weighted by molar-refractivity contribution is 0.562. The van der Waals surface area contributed by atoms with Crippen LogP contribution in [-0.4, -0.2) is 0 Å². The van der Waals surface area contributed by atoms with Crippen molar-refractivity contribution in [3.05, 3.63) is 28.2 Å². The van der Waals surface area contributed by atoms with Gasteiger partial charge in [0.1, 0.15) is 11.6 Å². The van der Waals surface area contributed by atoms with Crippen LogP contribution in [-0.2, 0) is 0 Å². The second-order valence-corrected chi connectivity index (χ2v) is 3.69. The topological polar surface area (TPSA) is 0 Å². The maximum Gasteiger partial charge on any atom is 0.140 e. The number of hydrogen-bond acceptors (Lipinski definition) is 1. The lowest BCUT2D eigenvalue weighted by Crippen LogP contribution is -1.83. The normalized spacial score (nSPS) is 10.2. The van der Waals surface area contributed by atoms with Gasteiger partial charge in [0.05, 0.1) is 9.37 Å². The standard InChI is InChI=1S/C6H2BrClF2S/c7-3-1-6(11-8)5(10)2-4(3)9/h1-2H. The molecule has 5 heteroatoms. The van der Waals surface area contributed by atoms with Gasteiger partial charge >= 0.3 is 0 Å². The van der Waals surface area contributed by atoms with Crippen LogP contribution >= 0.6 is 37.6 Å². The molecule has 60 valence electrons. The molecule has 0 fully saturated rings. The van der Waals surface area contributed by atoms with E-state index < -0.39 is 11.6 Å². The Morgan fingerprint density at radius 1 is 1.27 bits per heavy atom. The second-order valence-electron chi connectivity index (χ2n) is 1.77. The summed E-state index contributed by atoms with van der Waals surface area (Å²) in [6.07, 6.45) is 0.